The summed E-state index contributed by atoms with van der Waals surface area (Å²) in [6.07, 6.45) is 1.05. The molecule has 0 spiro atoms. The number of hydrogen-bond donors (Lipinski definition) is 1. The summed E-state index contributed by atoms with van der Waals surface area (Å²) in [4.78, 5) is 0. The summed E-state index contributed by atoms with van der Waals surface area (Å²) in [7, 11) is 0. The maximum absolute atomic E-state index is 14.0. The second-order valence-corrected chi connectivity index (χ2v) is 4.87. The van der Waals surface area contributed by atoms with E-state index in [0.717, 1.165) is 0 Å². The number of halogens is 1. The lowest BCUT2D eigenvalue weighted by Gasteiger charge is -2.33. The van der Waals surface area contributed by atoms with Crippen LogP contribution in [0, 0.1) is 0 Å². The minimum atomic E-state index is -1.05. The number of hydrogen-bond acceptors (Lipinski definition) is 2. The van der Waals surface area contributed by atoms with Crippen molar-refractivity contribution in [1.29, 1.82) is 0 Å². The van der Waals surface area contributed by atoms with E-state index in [1.165, 1.54) is 0 Å². The Morgan fingerprint density at radius 1 is 1.31 bits per heavy atom. The molecule has 3 heteroatoms. The van der Waals surface area contributed by atoms with Crippen LogP contribution in [0.25, 0.3) is 0 Å². The van der Waals surface area contributed by atoms with E-state index in [4.69, 9.17) is 4.74 Å². The van der Waals surface area contributed by atoms with Gasteiger partial charge in [0.2, 0.25) is 0 Å². The molecular formula is C10H20FNO. The fraction of sp³-hybridized carbons (Fsp3) is 1.00. The molecule has 0 amide bonds. The van der Waals surface area contributed by atoms with Gasteiger partial charge in [0.15, 0.2) is 0 Å². The molecule has 0 aromatic heterocycles. The highest BCUT2D eigenvalue weighted by Gasteiger charge is 2.32. The van der Waals surface area contributed by atoms with E-state index in [1.54, 1.807) is 0 Å². The summed E-state index contributed by atoms with van der Waals surface area (Å²) in [6.45, 7) is 7.71. The minimum absolute atomic E-state index is 0.00259. The van der Waals surface area contributed by atoms with E-state index in [9.17, 15) is 4.39 Å². The van der Waals surface area contributed by atoms with Gasteiger partial charge >= 0.3 is 0 Å². The summed E-state index contributed by atoms with van der Waals surface area (Å²) in [5, 5.41) is 3.20. The summed E-state index contributed by atoms with van der Waals surface area (Å²) in [5.74, 6) is 0. The van der Waals surface area contributed by atoms with E-state index in [0.29, 0.717) is 32.6 Å². The zero-order valence-electron chi connectivity index (χ0n) is 8.82. The second kappa shape index (κ2) is 3.93. The average Bonchev–Trinajstić information content (AvgIpc) is 2.02. The van der Waals surface area contributed by atoms with Gasteiger partial charge in [-0.1, -0.05) is 0 Å². The van der Waals surface area contributed by atoms with Crippen LogP contribution in [0.3, 0.4) is 0 Å². The molecule has 0 bridgehead atoms. The molecule has 0 saturated carbocycles. The van der Waals surface area contributed by atoms with Gasteiger partial charge in [-0.15, -0.1) is 0 Å². The molecular weight excluding hydrogens is 169 g/mol. The van der Waals surface area contributed by atoms with Gasteiger partial charge in [-0.25, -0.2) is 4.39 Å². The van der Waals surface area contributed by atoms with Gasteiger partial charge in [-0.05, 0) is 20.8 Å². The number of ether oxygens (including phenoxy) is 1. The maximum atomic E-state index is 14.0. The Kier molecular flexibility index (Phi) is 3.30. The van der Waals surface area contributed by atoms with Crippen LogP contribution in [0.4, 0.5) is 4.39 Å². The maximum Gasteiger partial charge on any atom is 0.127 e. The van der Waals surface area contributed by atoms with Gasteiger partial charge in [0.1, 0.15) is 5.67 Å². The zero-order chi connectivity index (χ0) is 9.95. The van der Waals surface area contributed by atoms with E-state index >= 15 is 0 Å². The lowest BCUT2D eigenvalue weighted by Crippen LogP contribution is -2.47. The fourth-order valence-corrected chi connectivity index (χ4v) is 1.34. The van der Waals surface area contributed by atoms with Crippen LogP contribution in [-0.2, 0) is 4.74 Å². The highest BCUT2D eigenvalue weighted by Crippen LogP contribution is 2.24. The predicted octanol–water partition coefficient (Wildman–Crippen LogP) is 1.89. The normalized spacial score (nSPS) is 23.1. The first-order chi connectivity index (χ1) is 5.91. The third-order valence-corrected chi connectivity index (χ3v) is 2.32. The van der Waals surface area contributed by atoms with Gasteiger partial charge in [-0.3, -0.25) is 0 Å². The Labute approximate surface area is 79.8 Å². The number of nitrogens with one attached hydrogen (secondary N) is 1. The van der Waals surface area contributed by atoms with Gasteiger partial charge in [0, 0.05) is 38.1 Å². The lowest BCUT2D eigenvalue weighted by molar-refractivity contribution is -0.0105. The van der Waals surface area contributed by atoms with Crippen LogP contribution in [-0.4, -0.2) is 31.0 Å². The zero-order valence-corrected chi connectivity index (χ0v) is 8.82. The van der Waals surface area contributed by atoms with Crippen LogP contribution < -0.4 is 5.32 Å². The van der Waals surface area contributed by atoms with E-state index in [1.807, 2.05) is 0 Å². The third-order valence-electron chi connectivity index (χ3n) is 2.32. The van der Waals surface area contributed by atoms with Crippen molar-refractivity contribution in [2.75, 3.05) is 19.8 Å². The molecule has 0 aliphatic carbocycles. The second-order valence-electron chi connectivity index (χ2n) is 4.87. The summed E-state index contributed by atoms with van der Waals surface area (Å²) >= 11 is 0. The Morgan fingerprint density at radius 3 is 2.31 bits per heavy atom. The van der Waals surface area contributed by atoms with Gasteiger partial charge in [0.05, 0.1) is 0 Å². The Morgan fingerprint density at radius 2 is 1.85 bits per heavy atom. The van der Waals surface area contributed by atoms with Gasteiger partial charge < -0.3 is 10.1 Å². The van der Waals surface area contributed by atoms with Crippen molar-refractivity contribution >= 4 is 0 Å². The van der Waals surface area contributed by atoms with Crippen molar-refractivity contribution in [2.24, 2.45) is 0 Å². The molecule has 1 aliphatic rings. The first-order valence-corrected chi connectivity index (χ1v) is 4.93. The Hall–Kier alpha value is -0.150. The van der Waals surface area contributed by atoms with Crippen molar-refractivity contribution in [1.82, 2.24) is 5.32 Å². The van der Waals surface area contributed by atoms with E-state index in [-0.39, 0.29) is 5.54 Å². The number of alkyl halides is 1. The third kappa shape index (κ3) is 4.05. The molecule has 0 aromatic carbocycles. The van der Waals surface area contributed by atoms with Crippen LogP contribution in [0.15, 0.2) is 0 Å². The summed E-state index contributed by atoms with van der Waals surface area (Å²) < 4.78 is 19.1. The first-order valence-electron chi connectivity index (χ1n) is 4.93. The van der Waals surface area contributed by atoms with Crippen molar-refractivity contribution in [3.05, 3.63) is 0 Å². The summed E-state index contributed by atoms with van der Waals surface area (Å²) in [6, 6.07) is 0. The molecule has 0 radical (unpaired) electrons. The van der Waals surface area contributed by atoms with Gasteiger partial charge in [0.25, 0.3) is 0 Å². The molecule has 0 aromatic rings. The topological polar surface area (TPSA) is 21.3 Å². The fourth-order valence-electron chi connectivity index (χ4n) is 1.34. The molecule has 1 saturated heterocycles. The molecule has 1 fully saturated rings. The molecule has 2 nitrogen and oxygen atoms in total. The largest absolute Gasteiger partial charge is 0.381 e. The van der Waals surface area contributed by atoms with Crippen molar-refractivity contribution in [3.63, 3.8) is 0 Å². The van der Waals surface area contributed by atoms with Crippen molar-refractivity contribution < 1.29 is 9.13 Å². The lowest BCUT2D eigenvalue weighted by atomic mass is 9.95. The van der Waals surface area contributed by atoms with Crippen LogP contribution in [0.2, 0.25) is 0 Å². The predicted molar refractivity (Wildman–Crippen MR) is 51.6 cm³/mol. The average molecular weight is 189 g/mol. The van der Waals surface area contributed by atoms with E-state index in [2.05, 4.69) is 26.1 Å². The molecule has 78 valence electrons. The van der Waals surface area contributed by atoms with Crippen LogP contribution in [0.5, 0.6) is 0 Å². The van der Waals surface area contributed by atoms with Crippen LogP contribution in [0.1, 0.15) is 33.6 Å². The molecule has 13 heavy (non-hydrogen) atoms. The highest BCUT2D eigenvalue weighted by atomic mass is 19.1. The monoisotopic (exact) mass is 189 g/mol. The minimum Gasteiger partial charge on any atom is -0.381 e. The smallest absolute Gasteiger partial charge is 0.127 e. The Bertz CT molecular complexity index is 159. The summed E-state index contributed by atoms with van der Waals surface area (Å²) in [5.41, 5.74) is -1.05. The van der Waals surface area contributed by atoms with Gasteiger partial charge in [-0.2, -0.15) is 0 Å². The SMILES string of the molecule is CC(C)(C)NCC1(F)CCOCC1. The quantitative estimate of drug-likeness (QED) is 0.716. The van der Waals surface area contributed by atoms with E-state index < -0.39 is 5.67 Å². The highest BCUT2D eigenvalue weighted by molar-refractivity contribution is 4.86. The molecule has 0 unspecified atom stereocenters. The van der Waals surface area contributed by atoms with Crippen molar-refractivity contribution in [3.8, 4) is 0 Å². The number of rotatable bonds is 2. The standard InChI is InChI=1S/C10H20FNO/c1-9(2,3)12-8-10(11)4-6-13-7-5-10/h12H,4-8H2,1-3H3. The molecule has 1 rings (SSSR count). The van der Waals surface area contributed by atoms with Crippen LogP contribution >= 0.6 is 0 Å². The molecule has 1 N–H and O–H groups in total. The molecule has 0 atom stereocenters. The molecule has 1 heterocycles. The Balaban J connectivity index is 2.33. The van der Waals surface area contributed by atoms with Crippen molar-refractivity contribution in [2.45, 2.75) is 44.8 Å². The molecule has 1 aliphatic heterocycles. The first kappa shape index (κ1) is 10.9.